The van der Waals surface area contributed by atoms with Crippen LogP contribution < -0.4 is 0 Å². The smallest absolute Gasteiger partial charge is 0.306 e. The molecule has 0 spiro atoms. The van der Waals surface area contributed by atoms with Crippen molar-refractivity contribution in [1.82, 2.24) is 0 Å². The summed E-state index contributed by atoms with van der Waals surface area (Å²) in [4.78, 5) is 11.5. The molecule has 1 aromatic rings. The quantitative estimate of drug-likeness (QED) is 0.609. The third-order valence-corrected chi connectivity index (χ3v) is 3.46. The molecule has 108 valence electrons. The molecular weight excluding hydrogens is 252 g/mol. The van der Waals surface area contributed by atoms with Crippen LogP contribution >= 0.6 is 0 Å². The highest BCUT2D eigenvalue weighted by Gasteiger charge is 2.21. The van der Waals surface area contributed by atoms with Gasteiger partial charge in [-0.05, 0) is 12.0 Å². The summed E-state index contributed by atoms with van der Waals surface area (Å²) in [6.07, 6.45) is 6.13. The molecule has 2 atom stereocenters. The minimum absolute atomic E-state index is 0.0742. The first-order valence-electron chi connectivity index (χ1n) is 7.22. The summed E-state index contributed by atoms with van der Waals surface area (Å²) in [6, 6.07) is 10.1. The molecule has 20 heavy (non-hydrogen) atoms. The SMILES string of the molecule is C[C@@H](COCc1ccccc1)[C@@H]1C/C=C\CCC(=O)O1. The highest BCUT2D eigenvalue weighted by molar-refractivity contribution is 5.69. The number of rotatable bonds is 5. The van der Waals surface area contributed by atoms with E-state index in [1.165, 1.54) is 0 Å². The molecule has 1 heterocycles. The normalized spacial score (nSPS) is 22.4. The van der Waals surface area contributed by atoms with Crippen LogP contribution in [0, 0.1) is 5.92 Å². The minimum Gasteiger partial charge on any atom is -0.462 e. The molecule has 1 aliphatic rings. The number of hydrogen-bond donors (Lipinski definition) is 0. The molecule has 0 fully saturated rings. The molecule has 0 N–H and O–H groups in total. The molecule has 0 aromatic heterocycles. The zero-order valence-electron chi connectivity index (χ0n) is 12.0. The van der Waals surface area contributed by atoms with Crippen LogP contribution in [0.5, 0.6) is 0 Å². The number of carbonyl (C=O) groups is 1. The van der Waals surface area contributed by atoms with Crippen LogP contribution in [0.4, 0.5) is 0 Å². The minimum atomic E-state index is -0.103. The Hall–Kier alpha value is -1.61. The lowest BCUT2D eigenvalue weighted by molar-refractivity contribution is -0.152. The predicted octanol–water partition coefficient (Wildman–Crippen LogP) is 3.49. The van der Waals surface area contributed by atoms with Gasteiger partial charge in [-0.3, -0.25) is 4.79 Å². The Morgan fingerprint density at radius 2 is 2.10 bits per heavy atom. The van der Waals surface area contributed by atoms with Gasteiger partial charge in [0.1, 0.15) is 6.10 Å². The number of carbonyl (C=O) groups excluding carboxylic acids is 1. The van der Waals surface area contributed by atoms with Gasteiger partial charge in [-0.1, -0.05) is 49.4 Å². The van der Waals surface area contributed by atoms with E-state index >= 15 is 0 Å². The molecule has 0 bridgehead atoms. The fraction of sp³-hybridized carbons (Fsp3) is 0.471. The highest BCUT2D eigenvalue weighted by atomic mass is 16.5. The van der Waals surface area contributed by atoms with Gasteiger partial charge < -0.3 is 9.47 Å². The van der Waals surface area contributed by atoms with Crippen LogP contribution in [0.3, 0.4) is 0 Å². The molecule has 0 radical (unpaired) electrons. The monoisotopic (exact) mass is 274 g/mol. The number of hydrogen-bond acceptors (Lipinski definition) is 3. The van der Waals surface area contributed by atoms with Gasteiger partial charge in [0.05, 0.1) is 13.2 Å². The maximum atomic E-state index is 11.5. The van der Waals surface area contributed by atoms with Gasteiger partial charge in [-0.25, -0.2) is 0 Å². The van der Waals surface area contributed by atoms with E-state index in [9.17, 15) is 4.79 Å². The molecule has 1 aliphatic heterocycles. The number of cyclic esters (lactones) is 1. The molecule has 3 heteroatoms. The lowest BCUT2D eigenvalue weighted by atomic mass is 10.0. The first-order valence-corrected chi connectivity index (χ1v) is 7.22. The van der Waals surface area contributed by atoms with E-state index in [0.29, 0.717) is 19.6 Å². The zero-order chi connectivity index (χ0) is 14.2. The molecular formula is C17H22O3. The van der Waals surface area contributed by atoms with Crippen LogP contribution in [0.15, 0.2) is 42.5 Å². The Morgan fingerprint density at radius 3 is 2.90 bits per heavy atom. The van der Waals surface area contributed by atoms with Crippen molar-refractivity contribution in [3.8, 4) is 0 Å². The summed E-state index contributed by atoms with van der Waals surface area (Å²) in [6.45, 7) is 3.26. The fourth-order valence-corrected chi connectivity index (χ4v) is 2.22. The summed E-state index contributed by atoms with van der Waals surface area (Å²) in [5.74, 6) is 0.0969. The van der Waals surface area contributed by atoms with E-state index in [-0.39, 0.29) is 18.0 Å². The molecule has 0 amide bonds. The topological polar surface area (TPSA) is 35.5 Å². The number of ether oxygens (including phenoxy) is 2. The summed E-state index contributed by atoms with van der Waals surface area (Å²) >= 11 is 0. The molecule has 1 aromatic carbocycles. The summed E-state index contributed by atoms with van der Waals surface area (Å²) in [5.41, 5.74) is 1.16. The zero-order valence-corrected chi connectivity index (χ0v) is 12.0. The van der Waals surface area contributed by atoms with Crippen molar-refractivity contribution in [2.45, 2.75) is 38.9 Å². The average Bonchev–Trinajstić information content (AvgIpc) is 2.43. The Labute approximate surface area is 120 Å². The number of esters is 1. The molecule has 2 rings (SSSR count). The van der Waals surface area contributed by atoms with Crippen molar-refractivity contribution in [3.63, 3.8) is 0 Å². The van der Waals surface area contributed by atoms with Crippen LogP contribution in [0.2, 0.25) is 0 Å². The molecule has 3 nitrogen and oxygen atoms in total. The third kappa shape index (κ3) is 4.82. The number of allylic oxidation sites excluding steroid dienone is 1. The maximum absolute atomic E-state index is 11.5. The van der Waals surface area contributed by atoms with E-state index in [1.54, 1.807) is 0 Å². The Balaban J connectivity index is 1.78. The van der Waals surface area contributed by atoms with Crippen LogP contribution in [-0.2, 0) is 20.9 Å². The molecule has 0 saturated carbocycles. The van der Waals surface area contributed by atoms with Gasteiger partial charge in [-0.15, -0.1) is 0 Å². The van der Waals surface area contributed by atoms with Crippen molar-refractivity contribution >= 4 is 5.97 Å². The second kappa shape index (κ2) is 7.85. The summed E-state index contributed by atoms with van der Waals surface area (Å²) in [7, 11) is 0. The Bertz CT molecular complexity index is 439. The van der Waals surface area contributed by atoms with Gasteiger partial charge in [0, 0.05) is 18.8 Å². The van der Waals surface area contributed by atoms with Crippen molar-refractivity contribution in [3.05, 3.63) is 48.0 Å². The largest absolute Gasteiger partial charge is 0.462 e. The summed E-state index contributed by atoms with van der Waals surface area (Å²) in [5, 5.41) is 0. The fourth-order valence-electron chi connectivity index (χ4n) is 2.22. The van der Waals surface area contributed by atoms with Gasteiger partial charge >= 0.3 is 5.97 Å². The van der Waals surface area contributed by atoms with Crippen molar-refractivity contribution in [2.75, 3.05) is 6.61 Å². The van der Waals surface area contributed by atoms with Crippen LogP contribution in [0.1, 0.15) is 31.7 Å². The van der Waals surface area contributed by atoms with Crippen molar-refractivity contribution in [1.29, 1.82) is 0 Å². The van der Waals surface area contributed by atoms with Gasteiger partial charge in [0.25, 0.3) is 0 Å². The van der Waals surface area contributed by atoms with E-state index in [0.717, 1.165) is 18.4 Å². The average molecular weight is 274 g/mol. The maximum Gasteiger partial charge on any atom is 0.306 e. The van der Waals surface area contributed by atoms with Gasteiger partial charge in [0.2, 0.25) is 0 Å². The Morgan fingerprint density at radius 1 is 1.30 bits per heavy atom. The van der Waals surface area contributed by atoms with E-state index in [1.807, 2.05) is 30.3 Å². The second-order valence-corrected chi connectivity index (χ2v) is 5.25. The first-order chi connectivity index (χ1) is 9.75. The van der Waals surface area contributed by atoms with Crippen molar-refractivity contribution < 1.29 is 14.3 Å². The number of benzene rings is 1. The lowest BCUT2D eigenvalue weighted by Gasteiger charge is -2.24. The van der Waals surface area contributed by atoms with E-state index < -0.39 is 0 Å². The lowest BCUT2D eigenvalue weighted by Crippen LogP contribution is -2.28. The second-order valence-electron chi connectivity index (χ2n) is 5.25. The van der Waals surface area contributed by atoms with E-state index in [2.05, 4.69) is 19.1 Å². The first kappa shape index (κ1) is 14.8. The third-order valence-electron chi connectivity index (χ3n) is 3.46. The van der Waals surface area contributed by atoms with Gasteiger partial charge in [0.15, 0.2) is 0 Å². The van der Waals surface area contributed by atoms with Crippen LogP contribution in [0.25, 0.3) is 0 Å². The van der Waals surface area contributed by atoms with Crippen LogP contribution in [-0.4, -0.2) is 18.7 Å². The standard InChI is InChI=1S/C17H22O3/c1-14(12-19-13-15-8-4-2-5-9-15)16-10-6-3-7-11-17(18)20-16/h2-6,8-9,14,16H,7,10-13H2,1H3/b6-3-/t14-,16-/m0/s1. The molecule has 0 aliphatic carbocycles. The van der Waals surface area contributed by atoms with Gasteiger partial charge in [-0.2, -0.15) is 0 Å². The van der Waals surface area contributed by atoms with Crippen molar-refractivity contribution in [2.24, 2.45) is 5.92 Å². The predicted molar refractivity (Wildman–Crippen MR) is 78.1 cm³/mol. The molecule has 0 unspecified atom stereocenters. The molecule has 0 saturated heterocycles. The summed E-state index contributed by atoms with van der Waals surface area (Å²) < 4.78 is 11.2. The van der Waals surface area contributed by atoms with E-state index in [4.69, 9.17) is 9.47 Å². The Kier molecular flexibility index (Phi) is 5.81. The highest BCUT2D eigenvalue weighted by Crippen LogP contribution is 2.17.